The number of hydrogen-bond acceptors (Lipinski definition) is 3. The second kappa shape index (κ2) is 5.61. The Morgan fingerprint density at radius 2 is 2.12 bits per heavy atom. The Morgan fingerprint density at radius 1 is 1.41 bits per heavy atom. The summed E-state index contributed by atoms with van der Waals surface area (Å²) in [6.07, 6.45) is 5.91. The van der Waals surface area contributed by atoms with E-state index < -0.39 is 0 Å². The van der Waals surface area contributed by atoms with Crippen molar-refractivity contribution in [1.29, 1.82) is 0 Å². The zero-order valence-corrected chi connectivity index (χ0v) is 10.8. The maximum absolute atomic E-state index is 9.56. The molecule has 0 spiro atoms. The minimum absolute atomic E-state index is 0.155. The Kier molecular flexibility index (Phi) is 4.13. The normalized spacial score (nSPS) is 20.4. The summed E-state index contributed by atoms with van der Waals surface area (Å²) in [5.41, 5.74) is 2.52. The molecule has 0 bridgehead atoms. The van der Waals surface area contributed by atoms with Crippen LogP contribution in [0.25, 0.3) is 0 Å². The van der Waals surface area contributed by atoms with Crippen LogP contribution in [0.3, 0.4) is 0 Å². The number of nitrogens with zero attached hydrogens (tertiary/aromatic N) is 2. The van der Waals surface area contributed by atoms with E-state index in [1.54, 1.807) is 0 Å². The van der Waals surface area contributed by atoms with Gasteiger partial charge in [0.05, 0.1) is 6.10 Å². The van der Waals surface area contributed by atoms with Gasteiger partial charge in [0.15, 0.2) is 0 Å². The SMILES string of the molecule is Cc1cncc(CN2CCC(C(C)O)CC2)c1. The van der Waals surface area contributed by atoms with E-state index in [1.165, 1.54) is 11.1 Å². The summed E-state index contributed by atoms with van der Waals surface area (Å²) in [7, 11) is 0. The maximum atomic E-state index is 9.56. The standard InChI is InChI=1S/C14H22N2O/c1-11-7-13(9-15-8-11)10-16-5-3-14(4-6-16)12(2)17/h7-9,12,14,17H,3-6,10H2,1-2H3. The molecule has 1 N–H and O–H groups in total. The first-order valence-electron chi connectivity index (χ1n) is 6.46. The first-order valence-corrected chi connectivity index (χ1v) is 6.46. The van der Waals surface area contributed by atoms with Crippen molar-refractivity contribution in [3.05, 3.63) is 29.6 Å². The van der Waals surface area contributed by atoms with Crippen LogP contribution in [0.5, 0.6) is 0 Å². The summed E-state index contributed by atoms with van der Waals surface area (Å²) in [5, 5.41) is 9.56. The summed E-state index contributed by atoms with van der Waals surface area (Å²) >= 11 is 0. The molecule has 94 valence electrons. The molecule has 0 aromatic carbocycles. The van der Waals surface area contributed by atoms with Gasteiger partial charge in [0.25, 0.3) is 0 Å². The molecule has 0 saturated carbocycles. The van der Waals surface area contributed by atoms with Crippen molar-refractivity contribution in [3.63, 3.8) is 0 Å². The zero-order valence-electron chi connectivity index (χ0n) is 10.8. The van der Waals surface area contributed by atoms with Gasteiger partial charge in [-0.25, -0.2) is 0 Å². The van der Waals surface area contributed by atoms with Crippen LogP contribution in [-0.4, -0.2) is 34.2 Å². The molecule has 1 aliphatic rings. The monoisotopic (exact) mass is 234 g/mol. The summed E-state index contributed by atoms with van der Waals surface area (Å²) in [5.74, 6) is 0.488. The molecule has 0 amide bonds. The zero-order chi connectivity index (χ0) is 12.3. The van der Waals surface area contributed by atoms with Crippen molar-refractivity contribution in [1.82, 2.24) is 9.88 Å². The van der Waals surface area contributed by atoms with Gasteiger partial charge in [-0.05, 0) is 56.8 Å². The molecule has 17 heavy (non-hydrogen) atoms. The quantitative estimate of drug-likeness (QED) is 0.869. The molecule has 1 aromatic heterocycles. The van der Waals surface area contributed by atoms with E-state index in [0.29, 0.717) is 5.92 Å². The first kappa shape index (κ1) is 12.5. The van der Waals surface area contributed by atoms with Crippen LogP contribution in [-0.2, 0) is 6.54 Å². The molecule has 2 rings (SSSR count). The fourth-order valence-electron chi connectivity index (χ4n) is 2.56. The van der Waals surface area contributed by atoms with E-state index in [2.05, 4.69) is 22.9 Å². The molecule has 1 unspecified atom stereocenters. The molecule has 1 saturated heterocycles. The second-order valence-corrected chi connectivity index (χ2v) is 5.22. The van der Waals surface area contributed by atoms with Gasteiger partial charge in [-0.2, -0.15) is 0 Å². The van der Waals surface area contributed by atoms with Crippen LogP contribution in [0.1, 0.15) is 30.9 Å². The predicted octanol–water partition coefficient (Wildman–Crippen LogP) is 1.98. The van der Waals surface area contributed by atoms with E-state index in [0.717, 1.165) is 32.5 Å². The van der Waals surface area contributed by atoms with Gasteiger partial charge in [-0.15, -0.1) is 0 Å². The van der Waals surface area contributed by atoms with Gasteiger partial charge in [-0.1, -0.05) is 6.07 Å². The molecule has 1 atom stereocenters. The molecule has 1 aliphatic heterocycles. The number of aromatic nitrogens is 1. The molecule has 1 aromatic rings. The Balaban J connectivity index is 1.86. The fraction of sp³-hybridized carbons (Fsp3) is 0.643. The number of pyridine rings is 1. The molecule has 1 fully saturated rings. The first-order chi connectivity index (χ1) is 8.15. The Bertz CT molecular complexity index is 357. The van der Waals surface area contributed by atoms with E-state index in [-0.39, 0.29) is 6.10 Å². The molecule has 0 aliphatic carbocycles. The van der Waals surface area contributed by atoms with Crippen LogP contribution in [0.2, 0.25) is 0 Å². The molecule has 3 heteroatoms. The van der Waals surface area contributed by atoms with Gasteiger partial charge < -0.3 is 5.11 Å². The second-order valence-electron chi connectivity index (χ2n) is 5.22. The van der Waals surface area contributed by atoms with Gasteiger partial charge in [0.2, 0.25) is 0 Å². The van der Waals surface area contributed by atoms with E-state index in [9.17, 15) is 5.11 Å². The van der Waals surface area contributed by atoms with Gasteiger partial charge >= 0.3 is 0 Å². The number of likely N-dealkylation sites (tertiary alicyclic amines) is 1. The van der Waals surface area contributed by atoms with E-state index in [4.69, 9.17) is 0 Å². The van der Waals surface area contributed by atoms with Crippen molar-refractivity contribution in [2.24, 2.45) is 5.92 Å². The lowest BCUT2D eigenvalue weighted by atomic mass is 9.92. The Labute approximate surface area is 103 Å². The lowest BCUT2D eigenvalue weighted by Crippen LogP contribution is -2.36. The van der Waals surface area contributed by atoms with Crippen LogP contribution in [0, 0.1) is 12.8 Å². The van der Waals surface area contributed by atoms with Gasteiger partial charge in [-0.3, -0.25) is 9.88 Å². The van der Waals surface area contributed by atoms with Crippen LogP contribution in [0.4, 0.5) is 0 Å². The third kappa shape index (κ3) is 3.51. The van der Waals surface area contributed by atoms with E-state index in [1.807, 2.05) is 19.3 Å². The Hall–Kier alpha value is -0.930. The minimum Gasteiger partial charge on any atom is -0.393 e. The average molecular weight is 234 g/mol. The average Bonchev–Trinajstić information content (AvgIpc) is 2.29. The maximum Gasteiger partial charge on any atom is 0.0541 e. The number of rotatable bonds is 3. The number of hydrogen-bond donors (Lipinski definition) is 1. The highest BCUT2D eigenvalue weighted by atomic mass is 16.3. The lowest BCUT2D eigenvalue weighted by molar-refractivity contribution is 0.0695. The highest BCUT2D eigenvalue weighted by molar-refractivity contribution is 5.16. The number of aliphatic hydroxyl groups is 1. The van der Waals surface area contributed by atoms with E-state index >= 15 is 0 Å². The van der Waals surface area contributed by atoms with Crippen molar-refractivity contribution < 1.29 is 5.11 Å². The Morgan fingerprint density at radius 3 is 2.71 bits per heavy atom. The van der Waals surface area contributed by atoms with Crippen LogP contribution >= 0.6 is 0 Å². The summed E-state index contributed by atoms with van der Waals surface area (Å²) in [6.45, 7) is 7.15. The van der Waals surface area contributed by atoms with Crippen molar-refractivity contribution in [2.75, 3.05) is 13.1 Å². The van der Waals surface area contributed by atoms with Gasteiger partial charge in [0, 0.05) is 18.9 Å². The predicted molar refractivity (Wildman–Crippen MR) is 68.7 cm³/mol. The molecule has 3 nitrogen and oxygen atoms in total. The summed E-state index contributed by atoms with van der Waals surface area (Å²) < 4.78 is 0. The highest BCUT2D eigenvalue weighted by Crippen LogP contribution is 2.21. The highest BCUT2D eigenvalue weighted by Gasteiger charge is 2.22. The van der Waals surface area contributed by atoms with Crippen LogP contribution in [0.15, 0.2) is 18.5 Å². The van der Waals surface area contributed by atoms with Gasteiger partial charge in [0.1, 0.15) is 0 Å². The third-order valence-electron chi connectivity index (χ3n) is 3.65. The fourth-order valence-corrected chi connectivity index (χ4v) is 2.56. The third-order valence-corrected chi connectivity index (χ3v) is 3.65. The smallest absolute Gasteiger partial charge is 0.0541 e. The number of aryl methyl sites for hydroxylation is 1. The molecular formula is C14H22N2O. The largest absolute Gasteiger partial charge is 0.393 e. The summed E-state index contributed by atoms with van der Waals surface area (Å²) in [6, 6.07) is 2.20. The lowest BCUT2D eigenvalue weighted by Gasteiger charge is -2.33. The number of piperidine rings is 1. The topological polar surface area (TPSA) is 36.4 Å². The molecule has 0 radical (unpaired) electrons. The van der Waals surface area contributed by atoms with Crippen molar-refractivity contribution in [2.45, 2.75) is 39.3 Å². The van der Waals surface area contributed by atoms with Crippen LogP contribution < -0.4 is 0 Å². The minimum atomic E-state index is -0.155. The molecular weight excluding hydrogens is 212 g/mol. The van der Waals surface area contributed by atoms with Crippen molar-refractivity contribution >= 4 is 0 Å². The molecule has 2 heterocycles. The van der Waals surface area contributed by atoms with Crippen molar-refractivity contribution in [3.8, 4) is 0 Å². The summed E-state index contributed by atoms with van der Waals surface area (Å²) in [4.78, 5) is 6.68. The number of aliphatic hydroxyl groups excluding tert-OH is 1.